The van der Waals surface area contributed by atoms with E-state index in [1.807, 2.05) is 6.07 Å². The molecular weight excluding hydrogens is 482 g/mol. The van der Waals surface area contributed by atoms with Gasteiger partial charge in [-0.05, 0) is 35.9 Å². The van der Waals surface area contributed by atoms with Gasteiger partial charge in [-0.3, -0.25) is 4.79 Å². The van der Waals surface area contributed by atoms with Crippen molar-refractivity contribution in [3.63, 3.8) is 0 Å². The van der Waals surface area contributed by atoms with Gasteiger partial charge in [0.2, 0.25) is 10.0 Å². The number of phenols is 1. The van der Waals surface area contributed by atoms with Gasteiger partial charge in [-0.25, -0.2) is 13.8 Å². The summed E-state index contributed by atoms with van der Waals surface area (Å²) in [5.74, 6) is -0.611. The molecule has 0 fully saturated rings. The Morgan fingerprint density at radius 3 is 2.35 bits per heavy atom. The van der Waals surface area contributed by atoms with Gasteiger partial charge in [0.1, 0.15) is 5.75 Å². The van der Waals surface area contributed by atoms with Crippen molar-refractivity contribution >= 4 is 38.1 Å². The quantitative estimate of drug-likeness (QED) is 0.364. The highest BCUT2D eigenvalue weighted by atomic mass is 79.9. The number of hydrogen-bond donors (Lipinski definition) is 2. The Kier molecular flexibility index (Phi) is 7.56. The van der Waals surface area contributed by atoms with Crippen LogP contribution in [-0.2, 0) is 21.4 Å². The maximum Gasteiger partial charge on any atom is 0.255 e. The number of nitrogens with one attached hydrogen (secondary N) is 1. The van der Waals surface area contributed by atoms with Gasteiger partial charge in [0.05, 0.1) is 17.7 Å². The largest absolute Gasteiger partial charge is 0.507 e. The van der Waals surface area contributed by atoms with Gasteiger partial charge in [0, 0.05) is 16.6 Å². The van der Waals surface area contributed by atoms with E-state index >= 15 is 0 Å². The minimum atomic E-state index is -3.91. The number of hydrazone groups is 1. The predicted octanol–water partition coefficient (Wildman–Crippen LogP) is 3.50. The van der Waals surface area contributed by atoms with Crippen molar-refractivity contribution < 1.29 is 18.3 Å². The summed E-state index contributed by atoms with van der Waals surface area (Å²) in [6, 6.07) is 21.8. The van der Waals surface area contributed by atoms with Crippen LogP contribution in [0.15, 0.2) is 93.3 Å². The van der Waals surface area contributed by atoms with Gasteiger partial charge in [0.15, 0.2) is 0 Å². The lowest BCUT2D eigenvalue weighted by molar-refractivity contribution is -0.121. The third-order valence-electron chi connectivity index (χ3n) is 4.29. The van der Waals surface area contributed by atoms with Crippen molar-refractivity contribution in [1.29, 1.82) is 0 Å². The Morgan fingerprint density at radius 2 is 1.68 bits per heavy atom. The number of halogens is 1. The smallest absolute Gasteiger partial charge is 0.255 e. The average molecular weight is 502 g/mol. The molecule has 2 N–H and O–H groups in total. The molecule has 3 rings (SSSR count). The summed E-state index contributed by atoms with van der Waals surface area (Å²) >= 11 is 3.29. The fourth-order valence-corrected chi connectivity index (χ4v) is 4.54. The summed E-state index contributed by atoms with van der Waals surface area (Å²) in [5, 5.41) is 13.7. The molecular formula is C22H20BrN3O4S. The van der Waals surface area contributed by atoms with Gasteiger partial charge in [-0.15, -0.1) is 0 Å². The zero-order valence-electron chi connectivity index (χ0n) is 16.3. The molecule has 0 bridgehead atoms. The number of hydrogen-bond acceptors (Lipinski definition) is 5. The van der Waals surface area contributed by atoms with Crippen molar-refractivity contribution in [3.05, 3.63) is 94.5 Å². The Labute approximate surface area is 189 Å². The first-order valence-corrected chi connectivity index (χ1v) is 11.5. The Hall–Kier alpha value is -3.01. The molecule has 0 radical (unpaired) electrons. The lowest BCUT2D eigenvalue weighted by Gasteiger charge is -2.21. The molecule has 0 aliphatic heterocycles. The number of phenolic OH excluding ortho intramolecular Hbond substituents is 1. The van der Waals surface area contributed by atoms with Gasteiger partial charge >= 0.3 is 0 Å². The van der Waals surface area contributed by atoms with Crippen LogP contribution in [0.3, 0.4) is 0 Å². The summed E-state index contributed by atoms with van der Waals surface area (Å²) in [6.45, 7) is -0.393. The van der Waals surface area contributed by atoms with Crippen LogP contribution in [0.1, 0.15) is 11.1 Å². The fraction of sp³-hybridized carbons (Fsp3) is 0.0909. The second-order valence-corrected chi connectivity index (χ2v) is 9.42. The molecule has 0 atom stereocenters. The number of sulfonamides is 1. The molecule has 160 valence electrons. The number of aromatic hydroxyl groups is 1. The van der Waals surface area contributed by atoms with Crippen LogP contribution in [0.25, 0.3) is 0 Å². The van der Waals surface area contributed by atoms with Crippen molar-refractivity contribution in [2.45, 2.75) is 11.4 Å². The third-order valence-corrected chi connectivity index (χ3v) is 6.58. The number of carbonyl (C=O) groups excluding carboxylic acids is 1. The molecule has 1 amide bonds. The maximum absolute atomic E-state index is 13.1. The zero-order chi connectivity index (χ0) is 22.3. The SMILES string of the molecule is O=C(CN(Cc1ccccc1)S(=O)(=O)c1ccccc1)N/N=C\c1cc(Br)ccc1O. The summed E-state index contributed by atoms with van der Waals surface area (Å²) in [6.07, 6.45) is 1.28. The standard InChI is InChI=1S/C22H20BrN3O4S/c23-19-11-12-21(27)18(13-19)14-24-25-22(28)16-26(15-17-7-3-1-4-8-17)31(29,30)20-9-5-2-6-10-20/h1-14,27H,15-16H2,(H,25,28)/b24-14-. The highest BCUT2D eigenvalue weighted by Gasteiger charge is 2.26. The molecule has 9 heteroatoms. The number of carbonyl (C=O) groups is 1. The van der Waals surface area contributed by atoms with Crippen LogP contribution in [-0.4, -0.2) is 36.5 Å². The van der Waals surface area contributed by atoms with E-state index in [1.165, 1.54) is 24.4 Å². The Bertz CT molecular complexity index is 1170. The summed E-state index contributed by atoms with van der Waals surface area (Å²) in [7, 11) is -3.91. The molecule has 3 aromatic carbocycles. The molecule has 0 spiro atoms. The molecule has 0 saturated carbocycles. The van der Waals surface area contributed by atoms with Gasteiger partial charge in [-0.1, -0.05) is 64.5 Å². The van der Waals surface area contributed by atoms with Crippen LogP contribution < -0.4 is 5.43 Å². The summed E-state index contributed by atoms with van der Waals surface area (Å²) in [5.41, 5.74) is 3.46. The monoisotopic (exact) mass is 501 g/mol. The van der Waals surface area contributed by atoms with Crippen LogP contribution in [0.5, 0.6) is 5.75 Å². The van der Waals surface area contributed by atoms with Crippen LogP contribution in [0.4, 0.5) is 0 Å². The van der Waals surface area contributed by atoms with Crippen molar-refractivity contribution in [3.8, 4) is 5.75 Å². The topological polar surface area (TPSA) is 99.1 Å². The van der Waals surface area contributed by atoms with Gasteiger partial charge in [0.25, 0.3) is 5.91 Å². The highest BCUT2D eigenvalue weighted by Crippen LogP contribution is 2.20. The van der Waals surface area contributed by atoms with E-state index in [0.717, 1.165) is 14.3 Å². The van der Waals surface area contributed by atoms with Crippen LogP contribution in [0.2, 0.25) is 0 Å². The second-order valence-electron chi connectivity index (χ2n) is 6.57. The zero-order valence-corrected chi connectivity index (χ0v) is 18.8. The third kappa shape index (κ3) is 6.24. The fourth-order valence-electron chi connectivity index (χ4n) is 2.75. The Balaban J connectivity index is 1.77. The molecule has 0 aliphatic carbocycles. The first kappa shape index (κ1) is 22.7. The molecule has 0 aromatic heterocycles. The van der Waals surface area contributed by atoms with Crippen LogP contribution >= 0.6 is 15.9 Å². The number of amides is 1. The number of nitrogens with zero attached hydrogens (tertiary/aromatic N) is 2. The Morgan fingerprint density at radius 1 is 1.03 bits per heavy atom. The van der Waals surface area contributed by atoms with Crippen molar-refractivity contribution in [1.82, 2.24) is 9.73 Å². The minimum Gasteiger partial charge on any atom is -0.507 e. The lowest BCUT2D eigenvalue weighted by atomic mass is 10.2. The second kappa shape index (κ2) is 10.3. The molecule has 0 unspecified atom stereocenters. The van der Waals surface area contributed by atoms with Crippen molar-refractivity contribution in [2.75, 3.05) is 6.54 Å². The van der Waals surface area contributed by atoms with E-state index in [4.69, 9.17) is 0 Å². The maximum atomic E-state index is 13.1. The van der Waals surface area contributed by atoms with E-state index in [9.17, 15) is 18.3 Å². The van der Waals surface area contributed by atoms with E-state index < -0.39 is 22.5 Å². The molecule has 7 nitrogen and oxygen atoms in total. The van der Waals surface area contributed by atoms with Gasteiger partial charge < -0.3 is 5.11 Å². The molecule has 0 aliphatic rings. The normalized spacial score (nSPS) is 11.7. The minimum absolute atomic E-state index is 0.00133. The molecule has 0 saturated heterocycles. The predicted molar refractivity (Wildman–Crippen MR) is 122 cm³/mol. The molecule has 3 aromatic rings. The first-order valence-electron chi connectivity index (χ1n) is 9.26. The summed E-state index contributed by atoms with van der Waals surface area (Å²) < 4.78 is 28.1. The number of rotatable bonds is 8. The van der Waals surface area contributed by atoms with Gasteiger partial charge in [-0.2, -0.15) is 9.41 Å². The summed E-state index contributed by atoms with van der Waals surface area (Å²) in [4.78, 5) is 12.6. The first-order chi connectivity index (χ1) is 14.9. The molecule has 31 heavy (non-hydrogen) atoms. The highest BCUT2D eigenvalue weighted by molar-refractivity contribution is 9.10. The molecule has 0 heterocycles. The van der Waals surface area contributed by atoms with E-state index in [-0.39, 0.29) is 17.2 Å². The lowest BCUT2D eigenvalue weighted by Crippen LogP contribution is -2.39. The van der Waals surface area contributed by atoms with E-state index in [0.29, 0.717) is 5.56 Å². The van der Waals surface area contributed by atoms with E-state index in [2.05, 4.69) is 26.5 Å². The average Bonchev–Trinajstić information content (AvgIpc) is 2.77. The van der Waals surface area contributed by atoms with Crippen molar-refractivity contribution in [2.24, 2.45) is 5.10 Å². The van der Waals surface area contributed by atoms with E-state index in [1.54, 1.807) is 54.6 Å². The number of benzene rings is 3. The van der Waals surface area contributed by atoms with Crippen LogP contribution in [0, 0.1) is 0 Å².